The van der Waals surface area contributed by atoms with Crippen molar-refractivity contribution >= 4 is 5.84 Å². The first-order valence-corrected chi connectivity index (χ1v) is 4.20. The molecular weight excluding hydrogens is 136 g/mol. The lowest BCUT2D eigenvalue weighted by atomic mass is 10.2. The van der Waals surface area contributed by atoms with Gasteiger partial charge in [0.2, 0.25) is 0 Å². The van der Waals surface area contributed by atoms with Gasteiger partial charge in [-0.3, -0.25) is 4.99 Å². The molecule has 2 heteroatoms. The molecule has 0 unspecified atom stereocenters. The Hall–Kier alpha value is -0.530. The highest BCUT2D eigenvalue weighted by Crippen LogP contribution is 2.02. The van der Waals surface area contributed by atoms with Gasteiger partial charge in [0.05, 0.1) is 0 Å². The van der Waals surface area contributed by atoms with Crippen LogP contribution in [0.15, 0.2) is 4.99 Å². The van der Waals surface area contributed by atoms with Gasteiger partial charge >= 0.3 is 0 Å². The van der Waals surface area contributed by atoms with Crippen molar-refractivity contribution in [2.45, 2.75) is 33.7 Å². The topological polar surface area (TPSA) is 15.6 Å². The molecule has 0 aromatic carbocycles. The first-order valence-electron chi connectivity index (χ1n) is 4.20. The van der Waals surface area contributed by atoms with Crippen LogP contribution < -0.4 is 0 Å². The van der Waals surface area contributed by atoms with Crippen LogP contribution in [0.25, 0.3) is 0 Å². The van der Waals surface area contributed by atoms with Crippen LogP contribution in [0.2, 0.25) is 0 Å². The van der Waals surface area contributed by atoms with E-state index in [0.29, 0.717) is 12.0 Å². The molecule has 2 nitrogen and oxygen atoms in total. The van der Waals surface area contributed by atoms with Gasteiger partial charge in [-0.2, -0.15) is 0 Å². The molecule has 0 rings (SSSR count). The molecule has 0 radical (unpaired) electrons. The van der Waals surface area contributed by atoms with Gasteiger partial charge in [0.25, 0.3) is 0 Å². The van der Waals surface area contributed by atoms with Gasteiger partial charge < -0.3 is 4.90 Å². The van der Waals surface area contributed by atoms with Crippen molar-refractivity contribution in [1.29, 1.82) is 0 Å². The predicted octanol–water partition coefficient (Wildman–Crippen LogP) is 2.01. The molecule has 0 aromatic heterocycles. The highest BCUT2D eigenvalue weighted by Gasteiger charge is 2.06. The Kier molecular flexibility index (Phi) is 4.16. The zero-order valence-corrected chi connectivity index (χ0v) is 8.55. The zero-order valence-electron chi connectivity index (χ0n) is 8.55. The fraction of sp³-hybridized carbons (Fsp3) is 0.889. The van der Waals surface area contributed by atoms with E-state index in [0.717, 1.165) is 0 Å². The number of nitrogens with zero attached hydrogens (tertiary/aromatic N) is 2. The molecule has 0 fully saturated rings. The summed E-state index contributed by atoms with van der Waals surface area (Å²) in [5.41, 5.74) is 0. The van der Waals surface area contributed by atoms with Crippen LogP contribution in [-0.2, 0) is 0 Å². The lowest BCUT2D eigenvalue weighted by Gasteiger charge is -2.20. The summed E-state index contributed by atoms with van der Waals surface area (Å²) >= 11 is 0. The third-order valence-electron chi connectivity index (χ3n) is 1.37. The second kappa shape index (κ2) is 4.37. The number of rotatable bonds is 2. The molecule has 66 valence electrons. The number of hydrogen-bond acceptors (Lipinski definition) is 1. The van der Waals surface area contributed by atoms with Crippen molar-refractivity contribution < 1.29 is 0 Å². The minimum atomic E-state index is 0.398. The largest absolute Gasteiger partial charge is 0.366 e. The Morgan fingerprint density at radius 3 is 1.64 bits per heavy atom. The van der Waals surface area contributed by atoms with E-state index >= 15 is 0 Å². The van der Waals surface area contributed by atoms with E-state index < -0.39 is 0 Å². The van der Waals surface area contributed by atoms with Crippen molar-refractivity contribution in [3.8, 4) is 0 Å². The molecule has 0 bridgehead atoms. The van der Waals surface area contributed by atoms with Crippen molar-refractivity contribution in [3.63, 3.8) is 0 Å². The van der Waals surface area contributed by atoms with Gasteiger partial charge in [0.1, 0.15) is 5.84 Å². The van der Waals surface area contributed by atoms with Gasteiger partial charge in [-0.25, -0.2) is 0 Å². The summed E-state index contributed by atoms with van der Waals surface area (Å²) in [6.07, 6.45) is 0. The van der Waals surface area contributed by atoms with E-state index in [-0.39, 0.29) is 0 Å². The molecule has 0 aliphatic rings. The SMILES string of the molecule is CC(C)N=C(C(C)C)N(C)C. The maximum absolute atomic E-state index is 4.52. The Bertz CT molecular complexity index is 124. The summed E-state index contributed by atoms with van der Waals surface area (Å²) in [6, 6.07) is 0.398. The Labute approximate surface area is 70.3 Å². The van der Waals surface area contributed by atoms with Crippen LogP contribution in [-0.4, -0.2) is 30.9 Å². The monoisotopic (exact) mass is 156 g/mol. The highest BCUT2D eigenvalue weighted by molar-refractivity contribution is 5.83. The van der Waals surface area contributed by atoms with Crippen molar-refractivity contribution in [1.82, 2.24) is 4.90 Å². The normalized spacial score (nSPS) is 12.9. The molecule has 0 aromatic rings. The van der Waals surface area contributed by atoms with Crippen LogP contribution in [0.1, 0.15) is 27.7 Å². The second-order valence-electron chi connectivity index (χ2n) is 3.63. The van der Waals surface area contributed by atoms with E-state index in [1.807, 2.05) is 14.1 Å². The van der Waals surface area contributed by atoms with Gasteiger partial charge in [0.15, 0.2) is 0 Å². The maximum atomic E-state index is 4.52. The van der Waals surface area contributed by atoms with Crippen molar-refractivity contribution in [3.05, 3.63) is 0 Å². The minimum Gasteiger partial charge on any atom is -0.366 e. The van der Waals surface area contributed by atoms with E-state index in [2.05, 4.69) is 37.6 Å². The fourth-order valence-electron chi connectivity index (χ4n) is 1.05. The average Bonchev–Trinajstić information content (AvgIpc) is 1.81. The van der Waals surface area contributed by atoms with E-state index in [9.17, 15) is 0 Å². The molecule has 11 heavy (non-hydrogen) atoms. The third kappa shape index (κ3) is 4.02. The molecule has 0 atom stereocenters. The lowest BCUT2D eigenvalue weighted by Crippen LogP contribution is -2.28. The van der Waals surface area contributed by atoms with Crippen LogP contribution in [0.5, 0.6) is 0 Å². The summed E-state index contributed by atoms with van der Waals surface area (Å²) in [7, 11) is 4.09. The Morgan fingerprint density at radius 1 is 1.09 bits per heavy atom. The smallest absolute Gasteiger partial charge is 0.101 e. The number of amidine groups is 1. The first-order chi connectivity index (χ1) is 4.95. The zero-order chi connectivity index (χ0) is 9.02. The average molecular weight is 156 g/mol. The van der Waals surface area contributed by atoms with Crippen molar-refractivity contribution in [2.24, 2.45) is 10.9 Å². The van der Waals surface area contributed by atoms with Gasteiger partial charge in [-0.05, 0) is 13.8 Å². The Balaban J connectivity index is 4.33. The van der Waals surface area contributed by atoms with E-state index in [1.54, 1.807) is 0 Å². The van der Waals surface area contributed by atoms with Gasteiger partial charge in [0, 0.05) is 26.1 Å². The molecule has 0 saturated heterocycles. The van der Waals surface area contributed by atoms with Crippen molar-refractivity contribution in [2.75, 3.05) is 14.1 Å². The van der Waals surface area contributed by atoms with Crippen LogP contribution >= 0.6 is 0 Å². The molecule has 0 spiro atoms. The molecule has 0 aliphatic carbocycles. The molecular formula is C9H20N2. The fourth-order valence-corrected chi connectivity index (χ4v) is 1.05. The quantitative estimate of drug-likeness (QED) is 0.441. The van der Waals surface area contributed by atoms with E-state index in [1.165, 1.54) is 5.84 Å². The first kappa shape index (κ1) is 10.5. The third-order valence-corrected chi connectivity index (χ3v) is 1.37. The summed E-state index contributed by atoms with van der Waals surface area (Å²) in [6.45, 7) is 8.54. The maximum Gasteiger partial charge on any atom is 0.101 e. The summed E-state index contributed by atoms with van der Waals surface area (Å²) in [5.74, 6) is 1.70. The van der Waals surface area contributed by atoms with Gasteiger partial charge in [-0.15, -0.1) is 0 Å². The molecule has 0 amide bonds. The van der Waals surface area contributed by atoms with Crippen LogP contribution in [0.3, 0.4) is 0 Å². The molecule has 0 heterocycles. The molecule has 0 aliphatic heterocycles. The lowest BCUT2D eigenvalue weighted by molar-refractivity contribution is 0.563. The standard InChI is InChI=1S/C9H20N2/c1-7(2)9(11(5)6)10-8(3)4/h7-8H,1-6H3. The summed E-state index contributed by atoms with van der Waals surface area (Å²) in [4.78, 5) is 6.61. The highest BCUT2D eigenvalue weighted by atomic mass is 15.1. The molecule has 0 N–H and O–H groups in total. The van der Waals surface area contributed by atoms with Crippen LogP contribution in [0.4, 0.5) is 0 Å². The minimum absolute atomic E-state index is 0.398. The number of hydrogen-bond donors (Lipinski definition) is 0. The number of aliphatic imine (C=N–C) groups is 1. The Morgan fingerprint density at radius 2 is 1.55 bits per heavy atom. The second-order valence-corrected chi connectivity index (χ2v) is 3.63. The predicted molar refractivity (Wildman–Crippen MR) is 51.1 cm³/mol. The molecule has 0 saturated carbocycles. The van der Waals surface area contributed by atoms with E-state index in [4.69, 9.17) is 0 Å². The summed E-state index contributed by atoms with van der Waals surface area (Å²) < 4.78 is 0. The van der Waals surface area contributed by atoms with Gasteiger partial charge in [-0.1, -0.05) is 13.8 Å². The van der Waals surface area contributed by atoms with Crippen LogP contribution in [0, 0.1) is 5.92 Å². The summed E-state index contributed by atoms with van der Waals surface area (Å²) in [5, 5.41) is 0.